The van der Waals surface area contributed by atoms with Crippen molar-refractivity contribution in [3.8, 4) is 11.3 Å². The summed E-state index contributed by atoms with van der Waals surface area (Å²) in [7, 11) is 0. The van der Waals surface area contributed by atoms with Gasteiger partial charge in [-0.2, -0.15) is 5.10 Å². The first-order chi connectivity index (χ1) is 11.6. The number of benzene rings is 1. The fourth-order valence-corrected chi connectivity index (χ4v) is 3.17. The van der Waals surface area contributed by atoms with E-state index in [1.165, 1.54) is 4.68 Å². The Morgan fingerprint density at radius 2 is 2.12 bits per heavy atom. The summed E-state index contributed by atoms with van der Waals surface area (Å²) in [4.78, 5) is 16.6. The van der Waals surface area contributed by atoms with Crippen molar-refractivity contribution in [1.29, 1.82) is 0 Å². The lowest BCUT2D eigenvalue weighted by molar-refractivity contribution is -0.121. The Hall–Kier alpha value is -2.67. The van der Waals surface area contributed by atoms with E-state index in [-0.39, 0.29) is 12.5 Å². The van der Waals surface area contributed by atoms with E-state index in [1.807, 2.05) is 42.6 Å². The van der Waals surface area contributed by atoms with E-state index in [9.17, 15) is 4.79 Å². The lowest BCUT2D eigenvalue weighted by atomic mass is 10.2. The van der Waals surface area contributed by atoms with Gasteiger partial charge in [0.15, 0.2) is 0 Å². The molecule has 2 heterocycles. The number of aryl methyl sites for hydroxylation is 1. The number of thiazole rings is 1. The third-order valence-corrected chi connectivity index (χ3v) is 4.42. The van der Waals surface area contributed by atoms with E-state index in [0.717, 1.165) is 22.0 Å². The Morgan fingerprint density at radius 1 is 1.33 bits per heavy atom. The van der Waals surface area contributed by atoms with Crippen LogP contribution in [0.1, 0.15) is 10.7 Å². The Kier molecular flexibility index (Phi) is 4.90. The van der Waals surface area contributed by atoms with Crippen molar-refractivity contribution in [3.05, 3.63) is 52.5 Å². The minimum absolute atomic E-state index is 0.107. The zero-order valence-electron chi connectivity index (χ0n) is 13.4. The quantitative estimate of drug-likeness (QED) is 0.720. The first kappa shape index (κ1) is 16.2. The summed E-state index contributed by atoms with van der Waals surface area (Å²) < 4.78 is 1.50. The van der Waals surface area contributed by atoms with Gasteiger partial charge in [0.2, 0.25) is 5.91 Å². The number of amides is 1. The highest BCUT2D eigenvalue weighted by Gasteiger charge is 2.08. The van der Waals surface area contributed by atoms with Crippen molar-refractivity contribution in [3.63, 3.8) is 0 Å². The summed E-state index contributed by atoms with van der Waals surface area (Å²) in [5.74, 6) is 0.389. The van der Waals surface area contributed by atoms with Crippen LogP contribution in [0.25, 0.3) is 11.3 Å². The number of aromatic nitrogens is 3. The summed E-state index contributed by atoms with van der Waals surface area (Å²) in [5, 5.41) is 10.1. The van der Waals surface area contributed by atoms with Gasteiger partial charge in [-0.3, -0.25) is 4.79 Å². The molecule has 0 spiro atoms. The molecule has 3 rings (SSSR count). The van der Waals surface area contributed by atoms with Gasteiger partial charge in [-0.1, -0.05) is 30.3 Å². The summed E-state index contributed by atoms with van der Waals surface area (Å²) in [6.07, 6.45) is 0.705. The van der Waals surface area contributed by atoms with Crippen LogP contribution in [-0.2, 0) is 17.8 Å². The van der Waals surface area contributed by atoms with Crippen LogP contribution in [0.4, 0.5) is 5.82 Å². The van der Waals surface area contributed by atoms with E-state index in [4.69, 9.17) is 5.73 Å². The Labute approximate surface area is 144 Å². The fourth-order valence-electron chi connectivity index (χ4n) is 2.36. The highest BCUT2D eigenvalue weighted by atomic mass is 32.1. The van der Waals surface area contributed by atoms with Crippen molar-refractivity contribution in [2.24, 2.45) is 0 Å². The van der Waals surface area contributed by atoms with Crippen molar-refractivity contribution < 1.29 is 4.79 Å². The molecule has 124 valence electrons. The zero-order valence-corrected chi connectivity index (χ0v) is 14.2. The minimum atomic E-state index is -0.107. The molecule has 0 saturated carbocycles. The number of hydrogen-bond donors (Lipinski definition) is 2. The largest absolute Gasteiger partial charge is 0.384 e. The number of carbonyl (C=O) groups excluding carboxylic acids is 1. The first-order valence-electron chi connectivity index (χ1n) is 7.68. The van der Waals surface area contributed by atoms with Gasteiger partial charge in [-0.15, -0.1) is 11.3 Å². The molecule has 0 atom stereocenters. The smallest absolute Gasteiger partial charge is 0.241 e. The SMILES string of the molecule is Cc1cc(N)n(CC(=O)NCCc2nc(-c3ccccc3)cs2)n1. The molecule has 0 aliphatic rings. The molecule has 3 aromatic rings. The Morgan fingerprint density at radius 3 is 2.83 bits per heavy atom. The van der Waals surface area contributed by atoms with Gasteiger partial charge in [0.1, 0.15) is 12.4 Å². The fraction of sp³-hybridized carbons (Fsp3) is 0.235. The second-order valence-corrected chi connectivity index (χ2v) is 6.40. The molecule has 1 aromatic carbocycles. The van der Waals surface area contributed by atoms with Gasteiger partial charge in [0, 0.05) is 30.0 Å². The second-order valence-electron chi connectivity index (χ2n) is 5.46. The Balaban J connectivity index is 1.49. The van der Waals surface area contributed by atoms with Crippen LogP contribution in [0.5, 0.6) is 0 Å². The monoisotopic (exact) mass is 341 g/mol. The van der Waals surface area contributed by atoms with Crippen LogP contribution in [0.2, 0.25) is 0 Å². The number of nitrogen functional groups attached to an aromatic ring is 1. The number of anilines is 1. The topological polar surface area (TPSA) is 85.8 Å². The number of nitrogens with zero attached hydrogens (tertiary/aromatic N) is 3. The molecule has 1 amide bonds. The number of carbonyl (C=O) groups is 1. The van der Waals surface area contributed by atoms with Gasteiger partial charge >= 0.3 is 0 Å². The van der Waals surface area contributed by atoms with Gasteiger partial charge < -0.3 is 11.1 Å². The number of nitrogens with one attached hydrogen (secondary N) is 1. The molecular formula is C17H19N5OS. The molecule has 0 unspecified atom stereocenters. The van der Waals surface area contributed by atoms with Crippen LogP contribution in [-0.4, -0.2) is 27.2 Å². The summed E-state index contributed by atoms with van der Waals surface area (Å²) >= 11 is 1.61. The molecule has 3 N–H and O–H groups in total. The molecule has 7 heteroatoms. The van der Waals surface area contributed by atoms with Crippen molar-refractivity contribution in [2.75, 3.05) is 12.3 Å². The highest BCUT2D eigenvalue weighted by Crippen LogP contribution is 2.21. The van der Waals surface area contributed by atoms with Crippen LogP contribution >= 0.6 is 11.3 Å². The molecule has 6 nitrogen and oxygen atoms in total. The maximum absolute atomic E-state index is 11.9. The normalized spacial score (nSPS) is 10.7. The first-order valence-corrected chi connectivity index (χ1v) is 8.56. The number of nitrogens with two attached hydrogens (primary N) is 1. The third kappa shape index (κ3) is 3.99. The molecule has 0 fully saturated rings. The lowest BCUT2D eigenvalue weighted by Crippen LogP contribution is -2.30. The predicted molar refractivity (Wildman–Crippen MR) is 95.6 cm³/mol. The maximum Gasteiger partial charge on any atom is 0.241 e. The number of rotatable bonds is 6. The Bertz CT molecular complexity index is 825. The van der Waals surface area contributed by atoms with E-state index < -0.39 is 0 Å². The molecular weight excluding hydrogens is 322 g/mol. The van der Waals surface area contributed by atoms with Gasteiger partial charge in [0.05, 0.1) is 16.4 Å². The van der Waals surface area contributed by atoms with E-state index >= 15 is 0 Å². The highest BCUT2D eigenvalue weighted by molar-refractivity contribution is 7.09. The van der Waals surface area contributed by atoms with E-state index in [0.29, 0.717) is 18.8 Å². The van der Waals surface area contributed by atoms with Crippen molar-refractivity contribution >= 4 is 23.1 Å². The summed E-state index contributed by atoms with van der Waals surface area (Å²) in [5.41, 5.74) is 8.66. The van der Waals surface area contributed by atoms with Gasteiger partial charge in [-0.25, -0.2) is 9.67 Å². The van der Waals surface area contributed by atoms with E-state index in [1.54, 1.807) is 17.4 Å². The average Bonchev–Trinajstić information content (AvgIpc) is 3.15. The van der Waals surface area contributed by atoms with Gasteiger partial charge in [-0.05, 0) is 6.92 Å². The maximum atomic E-state index is 11.9. The lowest BCUT2D eigenvalue weighted by Gasteiger charge is -2.05. The molecule has 2 aromatic heterocycles. The molecule has 0 aliphatic heterocycles. The predicted octanol–water partition coefficient (Wildman–Crippen LogP) is 2.26. The van der Waals surface area contributed by atoms with Crippen LogP contribution in [0.3, 0.4) is 0 Å². The molecule has 0 bridgehead atoms. The van der Waals surface area contributed by atoms with Crippen LogP contribution in [0, 0.1) is 6.92 Å². The third-order valence-electron chi connectivity index (χ3n) is 3.51. The standard InChI is InChI=1S/C17H19N5OS/c1-12-9-15(18)22(21-12)10-16(23)19-8-7-17-20-14(11-24-17)13-5-3-2-4-6-13/h2-6,9,11H,7-8,10,18H2,1H3,(H,19,23). The van der Waals surface area contributed by atoms with Gasteiger partial charge in [0.25, 0.3) is 0 Å². The minimum Gasteiger partial charge on any atom is -0.384 e. The molecule has 0 saturated heterocycles. The summed E-state index contributed by atoms with van der Waals surface area (Å²) in [6.45, 7) is 2.52. The van der Waals surface area contributed by atoms with Crippen LogP contribution < -0.4 is 11.1 Å². The van der Waals surface area contributed by atoms with E-state index in [2.05, 4.69) is 15.4 Å². The van der Waals surface area contributed by atoms with Crippen molar-refractivity contribution in [1.82, 2.24) is 20.1 Å². The average molecular weight is 341 g/mol. The van der Waals surface area contributed by atoms with Crippen LogP contribution in [0.15, 0.2) is 41.8 Å². The van der Waals surface area contributed by atoms with Crippen molar-refractivity contribution in [2.45, 2.75) is 19.9 Å². The zero-order chi connectivity index (χ0) is 16.9. The molecule has 0 radical (unpaired) electrons. The molecule has 24 heavy (non-hydrogen) atoms. The second kappa shape index (κ2) is 7.27. The number of hydrogen-bond acceptors (Lipinski definition) is 5. The molecule has 0 aliphatic carbocycles. The summed E-state index contributed by atoms with van der Waals surface area (Å²) in [6, 6.07) is 11.8.